The summed E-state index contributed by atoms with van der Waals surface area (Å²) in [7, 11) is 0. The van der Waals surface area contributed by atoms with Crippen molar-refractivity contribution in [2.24, 2.45) is 0 Å². The Morgan fingerprint density at radius 3 is 2.94 bits per heavy atom. The summed E-state index contributed by atoms with van der Waals surface area (Å²) in [4.78, 5) is 22.0. The highest BCUT2D eigenvalue weighted by Crippen LogP contribution is 2.33. The van der Waals surface area contributed by atoms with Gasteiger partial charge in [0.05, 0.1) is 11.0 Å². The largest absolute Gasteiger partial charge is 0.505 e. The minimum Gasteiger partial charge on any atom is -0.505 e. The van der Waals surface area contributed by atoms with Gasteiger partial charge in [0.2, 0.25) is 5.91 Å². The molecule has 7 heteroatoms. The Kier molecular flexibility index (Phi) is 3.42. The minimum atomic E-state index is -0.641. The number of rotatable bonds is 3. The first-order valence-corrected chi connectivity index (χ1v) is 5.60. The monoisotopic (exact) mass is 251 g/mol. The van der Waals surface area contributed by atoms with Crippen LogP contribution in [-0.4, -0.2) is 28.5 Å². The Morgan fingerprint density at radius 2 is 2.33 bits per heavy atom. The smallest absolute Gasteiger partial charge is 0.296 e. The topological polar surface area (TPSA) is 104 Å². The number of benzene rings is 1. The van der Waals surface area contributed by atoms with E-state index in [9.17, 15) is 20.0 Å². The van der Waals surface area contributed by atoms with E-state index in [4.69, 9.17) is 0 Å². The van der Waals surface area contributed by atoms with Gasteiger partial charge in [-0.3, -0.25) is 14.9 Å². The molecule has 1 heterocycles. The van der Waals surface area contributed by atoms with Crippen LogP contribution < -0.4 is 10.6 Å². The van der Waals surface area contributed by atoms with Crippen molar-refractivity contribution < 1.29 is 14.8 Å². The first-order valence-electron chi connectivity index (χ1n) is 5.60. The summed E-state index contributed by atoms with van der Waals surface area (Å²) in [5, 5.41) is 25.8. The molecule has 0 aliphatic carbocycles. The van der Waals surface area contributed by atoms with Gasteiger partial charge in [0, 0.05) is 6.07 Å². The molecule has 1 aromatic rings. The van der Waals surface area contributed by atoms with Crippen LogP contribution in [0.4, 0.5) is 11.4 Å². The van der Waals surface area contributed by atoms with Gasteiger partial charge >= 0.3 is 0 Å². The predicted octanol–water partition coefficient (Wildman–Crippen LogP) is 0.991. The number of aromatic hydroxyl groups is 1. The zero-order valence-electron chi connectivity index (χ0n) is 9.55. The maximum atomic E-state index is 11.8. The van der Waals surface area contributed by atoms with Crippen LogP contribution in [0.1, 0.15) is 12.8 Å². The van der Waals surface area contributed by atoms with Crippen LogP contribution in [0.2, 0.25) is 0 Å². The number of carbonyl (C=O) groups is 1. The molecule has 1 aliphatic rings. The van der Waals surface area contributed by atoms with Gasteiger partial charge in [0.15, 0.2) is 5.69 Å². The second kappa shape index (κ2) is 5.01. The lowest BCUT2D eigenvalue weighted by Crippen LogP contribution is -2.35. The number of amides is 1. The summed E-state index contributed by atoms with van der Waals surface area (Å²) in [5.74, 6) is -0.673. The molecule has 18 heavy (non-hydrogen) atoms. The lowest BCUT2D eigenvalue weighted by molar-refractivity contribution is -0.384. The van der Waals surface area contributed by atoms with Crippen LogP contribution in [0.5, 0.6) is 5.75 Å². The Labute approximate surface area is 103 Å². The maximum Gasteiger partial charge on any atom is 0.296 e. The van der Waals surface area contributed by atoms with E-state index in [1.807, 2.05) is 0 Å². The molecule has 0 saturated carbocycles. The van der Waals surface area contributed by atoms with E-state index in [-0.39, 0.29) is 29.1 Å². The Balaban J connectivity index is 2.22. The van der Waals surface area contributed by atoms with E-state index in [2.05, 4.69) is 10.6 Å². The van der Waals surface area contributed by atoms with Crippen molar-refractivity contribution in [3.05, 3.63) is 28.3 Å². The molecule has 0 radical (unpaired) electrons. The highest BCUT2D eigenvalue weighted by Gasteiger charge is 2.26. The molecule has 1 fully saturated rings. The number of para-hydroxylation sites is 1. The fourth-order valence-corrected chi connectivity index (χ4v) is 1.93. The molecule has 0 bridgehead atoms. The van der Waals surface area contributed by atoms with E-state index in [0.29, 0.717) is 6.42 Å². The normalized spacial score (nSPS) is 18.6. The summed E-state index contributed by atoms with van der Waals surface area (Å²) in [5.41, 5.74) is -0.470. The van der Waals surface area contributed by atoms with E-state index in [1.165, 1.54) is 18.2 Å². The molecule has 1 atom stereocenters. The molecule has 1 aliphatic heterocycles. The van der Waals surface area contributed by atoms with Gasteiger partial charge in [-0.1, -0.05) is 6.07 Å². The number of phenols is 1. The Bertz CT molecular complexity index is 483. The third kappa shape index (κ3) is 2.40. The number of anilines is 1. The second-order valence-electron chi connectivity index (χ2n) is 4.07. The van der Waals surface area contributed by atoms with Crippen LogP contribution in [-0.2, 0) is 4.79 Å². The number of nitro benzene ring substituents is 1. The predicted molar refractivity (Wildman–Crippen MR) is 64.4 cm³/mol. The third-order valence-corrected chi connectivity index (χ3v) is 2.84. The van der Waals surface area contributed by atoms with Crippen molar-refractivity contribution in [2.75, 3.05) is 11.9 Å². The van der Waals surface area contributed by atoms with Crippen LogP contribution >= 0.6 is 0 Å². The van der Waals surface area contributed by atoms with Crippen LogP contribution in [0.25, 0.3) is 0 Å². The Hall–Kier alpha value is -2.15. The SMILES string of the molecule is O=C(Nc1c(O)cccc1[N+](=O)[O-])[C@@H]1CCCN1. The molecule has 0 aromatic heterocycles. The summed E-state index contributed by atoms with van der Waals surface area (Å²) >= 11 is 0. The fourth-order valence-electron chi connectivity index (χ4n) is 1.93. The average molecular weight is 251 g/mol. The van der Waals surface area contributed by atoms with Crippen LogP contribution in [0.3, 0.4) is 0 Å². The highest BCUT2D eigenvalue weighted by atomic mass is 16.6. The summed E-state index contributed by atoms with van der Waals surface area (Å²) in [6.07, 6.45) is 1.58. The molecule has 1 amide bonds. The first kappa shape index (κ1) is 12.3. The minimum absolute atomic E-state index is 0.152. The van der Waals surface area contributed by atoms with E-state index >= 15 is 0 Å². The number of carbonyl (C=O) groups excluding carboxylic acids is 1. The molecule has 96 valence electrons. The first-order chi connectivity index (χ1) is 8.59. The number of nitrogens with zero attached hydrogens (tertiary/aromatic N) is 1. The standard InChI is InChI=1S/C11H13N3O4/c15-9-5-1-4-8(14(17)18)10(9)13-11(16)7-3-2-6-12-7/h1,4-5,7,12,15H,2-3,6H2,(H,13,16)/t7-/m0/s1. The molecule has 1 saturated heterocycles. The van der Waals surface area contributed by atoms with Crippen molar-refractivity contribution in [3.63, 3.8) is 0 Å². The van der Waals surface area contributed by atoms with Crippen molar-refractivity contribution in [3.8, 4) is 5.75 Å². The quantitative estimate of drug-likeness (QED) is 0.422. The number of nitrogens with one attached hydrogen (secondary N) is 2. The van der Waals surface area contributed by atoms with E-state index in [0.717, 1.165) is 13.0 Å². The molecular formula is C11H13N3O4. The summed E-state index contributed by atoms with van der Waals surface area (Å²) in [6, 6.07) is 3.53. The molecular weight excluding hydrogens is 238 g/mol. The molecule has 0 unspecified atom stereocenters. The molecule has 7 nitrogen and oxygen atoms in total. The van der Waals surface area contributed by atoms with Crippen LogP contribution in [0, 0.1) is 10.1 Å². The van der Waals surface area contributed by atoms with Crippen molar-refractivity contribution in [1.29, 1.82) is 0 Å². The van der Waals surface area contributed by atoms with Gasteiger partial charge in [0.25, 0.3) is 5.69 Å². The van der Waals surface area contributed by atoms with Crippen LogP contribution in [0.15, 0.2) is 18.2 Å². The average Bonchev–Trinajstić information content (AvgIpc) is 2.85. The number of nitro groups is 1. The number of hydrogen-bond donors (Lipinski definition) is 3. The lowest BCUT2D eigenvalue weighted by Gasteiger charge is -2.12. The van der Waals surface area contributed by atoms with Crippen molar-refractivity contribution in [1.82, 2.24) is 5.32 Å². The summed E-state index contributed by atoms with van der Waals surface area (Å²) in [6.45, 7) is 0.751. The zero-order valence-corrected chi connectivity index (χ0v) is 9.55. The van der Waals surface area contributed by atoms with Gasteiger partial charge in [-0.05, 0) is 25.5 Å². The zero-order chi connectivity index (χ0) is 13.1. The van der Waals surface area contributed by atoms with Crippen molar-refractivity contribution >= 4 is 17.3 Å². The van der Waals surface area contributed by atoms with Gasteiger partial charge in [-0.25, -0.2) is 0 Å². The van der Waals surface area contributed by atoms with Gasteiger partial charge in [-0.15, -0.1) is 0 Å². The molecule has 0 spiro atoms. The lowest BCUT2D eigenvalue weighted by atomic mass is 10.2. The third-order valence-electron chi connectivity index (χ3n) is 2.84. The Morgan fingerprint density at radius 1 is 1.56 bits per heavy atom. The highest BCUT2D eigenvalue weighted by molar-refractivity contribution is 5.98. The van der Waals surface area contributed by atoms with Gasteiger partial charge in [-0.2, -0.15) is 0 Å². The van der Waals surface area contributed by atoms with Gasteiger partial charge < -0.3 is 15.7 Å². The van der Waals surface area contributed by atoms with Gasteiger partial charge in [0.1, 0.15) is 5.75 Å². The van der Waals surface area contributed by atoms with E-state index < -0.39 is 4.92 Å². The molecule has 3 N–H and O–H groups in total. The molecule has 1 aromatic carbocycles. The molecule has 2 rings (SSSR count). The van der Waals surface area contributed by atoms with Crippen molar-refractivity contribution in [2.45, 2.75) is 18.9 Å². The second-order valence-corrected chi connectivity index (χ2v) is 4.07. The maximum absolute atomic E-state index is 11.8. The number of hydrogen-bond acceptors (Lipinski definition) is 5. The number of phenolic OH excluding ortho intramolecular Hbond substituents is 1. The fraction of sp³-hybridized carbons (Fsp3) is 0.364. The van der Waals surface area contributed by atoms with E-state index in [1.54, 1.807) is 0 Å². The summed E-state index contributed by atoms with van der Waals surface area (Å²) < 4.78 is 0.